The first-order chi connectivity index (χ1) is 11.7. The molecule has 0 unspecified atom stereocenters. The van der Waals surface area contributed by atoms with Crippen molar-refractivity contribution < 1.29 is 19.1 Å². The van der Waals surface area contributed by atoms with Crippen LogP contribution in [-0.2, 0) is 0 Å². The molecule has 0 fully saturated rings. The van der Waals surface area contributed by atoms with Gasteiger partial charge in [-0.3, -0.25) is 9.89 Å². The SMILES string of the molecule is COc1cccc(/C=N/NC(=O)c2cc(-c3ccco3)[nH]n2)c1O. The van der Waals surface area contributed by atoms with Crippen molar-refractivity contribution in [2.24, 2.45) is 5.10 Å². The maximum Gasteiger partial charge on any atom is 0.291 e. The van der Waals surface area contributed by atoms with Crippen molar-refractivity contribution in [1.82, 2.24) is 15.6 Å². The van der Waals surface area contributed by atoms with E-state index in [9.17, 15) is 9.90 Å². The number of nitrogens with one attached hydrogen (secondary N) is 2. The third-order valence-corrected chi connectivity index (χ3v) is 3.22. The number of ether oxygens (including phenoxy) is 1. The van der Waals surface area contributed by atoms with Crippen molar-refractivity contribution in [1.29, 1.82) is 0 Å². The number of aromatic amines is 1. The highest BCUT2D eigenvalue weighted by atomic mass is 16.5. The van der Waals surface area contributed by atoms with Crippen molar-refractivity contribution in [2.75, 3.05) is 7.11 Å². The number of benzene rings is 1. The number of nitrogens with zero attached hydrogens (tertiary/aromatic N) is 2. The lowest BCUT2D eigenvalue weighted by atomic mass is 10.2. The highest BCUT2D eigenvalue weighted by molar-refractivity contribution is 5.94. The van der Waals surface area contributed by atoms with E-state index in [4.69, 9.17) is 9.15 Å². The van der Waals surface area contributed by atoms with Crippen LogP contribution in [0.3, 0.4) is 0 Å². The quantitative estimate of drug-likeness (QED) is 0.491. The third kappa shape index (κ3) is 3.12. The Balaban J connectivity index is 1.68. The van der Waals surface area contributed by atoms with Gasteiger partial charge in [0.15, 0.2) is 23.0 Å². The van der Waals surface area contributed by atoms with Crippen molar-refractivity contribution in [3.63, 3.8) is 0 Å². The van der Waals surface area contributed by atoms with Crippen molar-refractivity contribution in [3.05, 3.63) is 53.9 Å². The minimum absolute atomic E-state index is 0.0575. The number of carbonyl (C=O) groups excluding carboxylic acids is 1. The van der Waals surface area contributed by atoms with Gasteiger partial charge < -0.3 is 14.3 Å². The zero-order valence-electron chi connectivity index (χ0n) is 12.7. The number of rotatable bonds is 5. The van der Waals surface area contributed by atoms with Gasteiger partial charge in [-0.05, 0) is 24.3 Å². The predicted molar refractivity (Wildman–Crippen MR) is 86.0 cm³/mol. The molecule has 122 valence electrons. The van der Waals surface area contributed by atoms with E-state index in [1.807, 2.05) is 0 Å². The number of carbonyl (C=O) groups is 1. The van der Waals surface area contributed by atoms with Crippen molar-refractivity contribution in [3.8, 4) is 23.0 Å². The number of hydrogen-bond acceptors (Lipinski definition) is 6. The molecule has 2 aromatic heterocycles. The minimum Gasteiger partial charge on any atom is -0.504 e. The molecule has 1 amide bonds. The average molecular weight is 326 g/mol. The van der Waals surface area contributed by atoms with Gasteiger partial charge in [0.05, 0.1) is 19.6 Å². The molecule has 2 heterocycles. The molecule has 1 aromatic carbocycles. The van der Waals surface area contributed by atoms with Gasteiger partial charge in [-0.1, -0.05) is 6.07 Å². The van der Waals surface area contributed by atoms with Gasteiger partial charge in [-0.15, -0.1) is 0 Å². The lowest BCUT2D eigenvalue weighted by Gasteiger charge is -2.04. The van der Waals surface area contributed by atoms with Crippen LogP contribution in [0.15, 0.2) is 52.2 Å². The minimum atomic E-state index is -0.498. The number of hydrazone groups is 1. The lowest BCUT2D eigenvalue weighted by Crippen LogP contribution is -2.18. The van der Waals surface area contributed by atoms with Crippen LogP contribution >= 0.6 is 0 Å². The molecule has 0 saturated carbocycles. The number of furan rings is 1. The van der Waals surface area contributed by atoms with E-state index in [2.05, 4.69) is 20.7 Å². The molecule has 0 aliphatic carbocycles. The Morgan fingerprint density at radius 2 is 2.29 bits per heavy atom. The molecule has 0 saturated heterocycles. The first kappa shape index (κ1) is 15.3. The summed E-state index contributed by atoms with van der Waals surface area (Å²) in [7, 11) is 1.45. The summed E-state index contributed by atoms with van der Waals surface area (Å²) in [4.78, 5) is 12.0. The van der Waals surface area contributed by atoms with Crippen molar-refractivity contribution in [2.45, 2.75) is 0 Å². The number of phenols is 1. The van der Waals surface area contributed by atoms with Gasteiger partial charge in [0, 0.05) is 11.6 Å². The smallest absolute Gasteiger partial charge is 0.291 e. The number of phenolic OH excluding ortho intramolecular Hbond substituents is 1. The molecule has 3 rings (SSSR count). The number of amides is 1. The maximum absolute atomic E-state index is 12.0. The van der Waals surface area contributed by atoms with E-state index < -0.39 is 5.91 Å². The fourth-order valence-electron chi connectivity index (χ4n) is 2.02. The second-order valence-corrected chi connectivity index (χ2v) is 4.74. The van der Waals surface area contributed by atoms with Gasteiger partial charge in [-0.25, -0.2) is 5.43 Å². The second-order valence-electron chi connectivity index (χ2n) is 4.74. The van der Waals surface area contributed by atoms with Crippen LogP contribution in [0.1, 0.15) is 16.1 Å². The van der Waals surface area contributed by atoms with E-state index >= 15 is 0 Å². The predicted octanol–water partition coefficient (Wildman–Crippen LogP) is 2.15. The van der Waals surface area contributed by atoms with Crippen LogP contribution in [0.4, 0.5) is 0 Å². The van der Waals surface area contributed by atoms with Crippen molar-refractivity contribution >= 4 is 12.1 Å². The van der Waals surface area contributed by atoms with E-state index in [-0.39, 0.29) is 11.4 Å². The molecule has 8 nitrogen and oxygen atoms in total. The van der Waals surface area contributed by atoms with Crippen LogP contribution < -0.4 is 10.2 Å². The summed E-state index contributed by atoms with van der Waals surface area (Å²) in [5.74, 6) is 0.340. The summed E-state index contributed by atoms with van der Waals surface area (Å²) in [5.41, 5.74) is 3.49. The van der Waals surface area contributed by atoms with Gasteiger partial charge >= 0.3 is 0 Å². The normalized spacial score (nSPS) is 10.9. The number of H-pyrrole nitrogens is 1. The Morgan fingerprint density at radius 1 is 1.42 bits per heavy atom. The van der Waals surface area contributed by atoms with E-state index in [1.54, 1.807) is 36.4 Å². The van der Waals surface area contributed by atoms with Gasteiger partial charge in [0.2, 0.25) is 0 Å². The molecular formula is C16H14N4O4. The summed E-state index contributed by atoms with van der Waals surface area (Å²) >= 11 is 0. The summed E-state index contributed by atoms with van der Waals surface area (Å²) < 4.78 is 10.2. The summed E-state index contributed by atoms with van der Waals surface area (Å²) in [6.45, 7) is 0. The molecule has 3 aromatic rings. The monoisotopic (exact) mass is 326 g/mol. The first-order valence-corrected chi connectivity index (χ1v) is 6.97. The molecule has 8 heteroatoms. The van der Waals surface area contributed by atoms with Gasteiger partial charge in [0.25, 0.3) is 5.91 Å². The van der Waals surface area contributed by atoms with E-state index in [0.29, 0.717) is 22.8 Å². The molecule has 0 atom stereocenters. The average Bonchev–Trinajstić information content (AvgIpc) is 3.27. The Labute approximate surface area is 136 Å². The lowest BCUT2D eigenvalue weighted by molar-refractivity contribution is 0.0950. The Kier molecular flexibility index (Phi) is 4.28. The third-order valence-electron chi connectivity index (χ3n) is 3.22. The molecule has 0 radical (unpaired) electrons. The first-order valence-electron chi connectivity index (χ1n) is 6.97. The zero-order chi connectivity index (χ0) is 16.9. The molecule has 3 N–H and O–H groups in total. The fourth-order valence-corrected chi connectivity index (χ4v) is 2.02. The van der Waals surface area contributed by atoms with E-state index in [1.165, 1.54) is 19.6 Å². The van der Waals surface area contributed by atoms with Crippen LogP contribution in [0.5, 0.6) is 11.5 Å². The van der Waals surface area contributed by atoms with Crippen LogP contribution in [0.25, 0.3) is 11.5 Å². The Bertz CT molecular complexity index is 868. The molecule has 0 aliphatic rings. The molecule has 0 bridgehead atoms. The molecule has 24 heavy (non-hydrogen) atoms. The fraction of sp³-hybridized carbons (Fsp3) is 0.0625. The topological polar surface area (TPSA) is 113 Å². The Morgan fingerprint density at radius 3 is 3.04 bits per heavy atom. The van der Waals surface area contributed by atoms with Gasteiger partial charge in [-0.2, -0.15) is 10.2 Å². The van der Waals surface area contributed by atoms with Gasteiger partial charge in [0.1, 0.15) is 5.69 Å². The second kappa shape index (κ2) is 6.69. The summed E-state index contributed by atoms with van der Waals surface area (Å²) in [6.07, 6.45) is 2.84. The summed E-state index contributed by atoms with van der Waals surface area (Å²) in [5, 5.41) is 20.3. The highest BCUT2D eigenvalue weighted by Gasteiger charge is 2.12. The number of para-hydroxylation sites is 1. The number of aromatic hydroxyl groups is 1. The Hall–Kier alpha value is -3.55. The van der Waals surface area contributed by atoms with E-state index in [0.717, 1.165) is 0 Å². The standard InChI is InChI=1S/C16H14N4O4/c1-23-14-5-2-4-10(15(14)21)9-17-20-16(22)12-8-11(18-19-12)13-6-3-7-24-13/h2-9,21H,1H3,(H,18,19)(H,20,22)/b17-9+. The van der Waals surface area contributed by atoms with Crippen LogP contribution in [0, 0.1) is 0 Å². The molecule has 0 aliphatic heterocycles. The molecular weight excluding hydrogens is 312 g/mol. The number of hydrogen-bond donors (Lipinski definition) is 3. The number of aromatic nitrogens is 2. The molecule has 0 spiro atoms. The van der Waals surface area contributed by atoms with Crippen LogP contribution in [-0.4, -0.2) is 34.5 Å². The number of methoxy groups -OCH3 is 1. The largest absolute Gasteiger partial charge is 0.504 e. The highest BCUT2D eigenvalue weighted by Crippen LogP contribution is 2.27. The maximum atomic E-state index is 12.0. The van der Waals surface area contributed by atoms with Crippen LogP contribution in [0.2, 0.25) is 0 Å². The summed E-state index contributed by atoms with van der Waals surface area (Å²) in [6, 6.07) is 9.99. The zero-order valence-corrected chi connectivity index (χ0v) is 12.7.